The lowest BCUT2D eigenvalue weighted by Crippen LogP contribution is -2.43. The number of rotatable bonds is 4. The van der Waals surface area contributed by atoms with Crippen molar-refractivity contribution in [1.29, 1.82) is 0 Å². The maximum Gasteiger partial charge on any atom is 0.273 e. The Bertz CT molecular complexity index is 971. The molecule has 0 spiro atoms. The predicted octanol–water partition coefficient (Wildman–Crippen LogP) is 1.56. The van der Waals surface area contributed by atoms with Crippen LogP contribution in [0.25, 0.3) is 16.9 Å². The van der Waals surface area contributed by atoms with Gasteiger partial charge in [-0.15, -0.1) is 0 Å². The number of nitrogens with one attached hydrogen (secondary N) is 3. The molecule has 1 aliphatic rings. The summed E-state index contributed by atoms with van der Waals surface area (Å²) < 4.78 is 1.29. The van der Waals surface area contributed by atoms with Crippen LogP contribution in [0, 0.1) is 0 Å². The molecule has 3 N–H and O–H groups in total. The van der Waals surface area contributed by atoms with Crippen LogP contribution in [0.4, 0.5) is 0 Å². The molecule has 0 aliphatic carbocycles. The SMILES string of the molecule is O=C(NCC1CCCCN1)c1c[nH]n2c(=O)cc(-c3ccccc3)nc12. The number of benzene rings is 1. The first-order valence-electron chi connectivity index (χ1n) is 8.90. The van der Waals surface area contributed by atoms with Crippen LogP contribution in [-0.4, -0.2) is 39.6 Å². The average Bonchev–Trinajstić information content (AvgIpc) is 3.12. The zero-order valence-corrected chi connectivity index (χ0v) is 14.4. The third-order valence-electron chi connectivity index (χ3n) is 4.73. The highest BCUT2D eigenvalue weighted by Gasteiger charge is 2.18. The number of hydrogen-bond donors (Lipinski definition) is 3. The van der Waals surface area contributed by atoms with E-state index >= 15 is 0 Å². The average molecular weight is 351 g/mol. The lowest BCUT2D eigenvalue weighted by atomic mass is 10.1. The molecular formula is C19H21N5O2. The van der Waals surface area contributed by atoms with E-state index < -0.39 is 0 Å². The first kappa shape index (κ1) is 16.5. The molecule has 1 unspecified atom stereocenters. The van der Waals surface area contributed by atoms with Crippen molar-refractivity contribution >= 4 is 11.6 Å². The molecule has 4 rings (SSSR count). The molecule has 0 bridgehead atoms. The summed E-state index contributed by atoms with van der Waals surface area (Å²) in [6.07, 6.45) is 4.95. The Morgan fingerprint density at radius 1 is 1.27 bits per heavy atom. The molecule has 0 saturated carbocycles. The predicted molar refractivity (Wildman–Crippen MR) is 99.2 cm³/mol. The molecule has 1 amide bonds. The summed E-state index contributed by atoms with van der Waals surface area (Å²) >= 11 is 0. The van der Waals surface area contributed by atoms with E-state index in [9.17, 15) is 9.59 Å². The molecular weight excluding hydrogens is 330 g/mol. The fourth-order valence-electron chi connectivity index (χ4n) is 3.31. The maximum absolute atomic E-state index is 12.6. The summed E-state index contributed by atoms with van der Waals surface area (Å²) in [5.74, 6) is -0.228. The number of amides is 1. The Balaban J connectivity index is 1.62. The van der Waals surface area contributed by atoms with Crippen molar-refractivity contribution in [3.05, 3.63) is 58.5 Å². The quantitative estimate of drug-likeness (QED) is 0.665. The van der Waals surface area contributed by atoms with E-state index in [4.69, 9.17) is 0 Å². The molecule has 3 aromatic rings. The van der Waals surface area contributed by atoms with Gasteiger partial charge in [0.15, 0.2) is 5.65 Å². The number of carbonyl (C=O) groups is 1. The van der Waals surface area contributed by atoms with E-state index in [0.29, 0.717) is 29.5 Å². The third kappa shape index (κ3) is 3.25. The highest BCUT2D eigenvalue weighted by atomic mass is 16.2. The van der Waals surface area contributed by atoms with Crippen molar-refractivity contribution in [1.82, 2.24) is 25.2 Å². The van der Waals surface area contributed by atoms with E-state index in [1.165, 1.54) is 29.6 Å². The second-order valence-corrected chi connectivity index (χ2v) is 6.55. The monoisotopic (exact) mass is 351 g/mol. The van der Waals surface area contributed by atoms with Crippen molar-refractivity contribution in [2.24, 2.45) is 0 Å². The van der Waals surface area contributed by atoms with Gasteiger partial charge in [0.2, 0.25) is 0 Å². The molecule has 1 atom stereocenters. The highest BCUT2D eigenvalue weighted by molar-refractivity contribution is 5.99. The van der Waals surface area contributed by atoms with Crippen LogP contribution in [0.5, 0.6) is 0 Å². The van der Waals surface area contributed by atoms with E-state index in [1.54, 1.807) is 0 Å². The number of H-pyrrole nitrogens is 1. The number of piperidine rings is 1. The number of carbonyl (C=O) groups excluding carboxylic acids is 1. The van der Waals surface area contributed by atoms with Crippen LogP contribution < -0.4 is 16.2 Å². The zero-order chi connectivity index (χ0) is 17.9. The van der Waals surface area contributed by atoms with Gasteiger partial charge in [-0.25, -0.2) is 9.50 Å². The van der Waals surface area contributed by atoms with Gasteiger partial charge in [0.25, 0.3) is 11.5 Å². The standard InChI is InChI=1S/C19H21N5O2/c25-17-10-16(13-6-2-1-3-7-13)23-18-15(12-22-24(17)18)19(26)21-11-14-8-4-5-9-20-14/h1-3,6-7,10,12,14,20,22H,4-5,8-9,11H2,(H,21,26). The second-order valence-electron chi connectivity index (χ2n) is 6.55. The summed E-state index contributed by atoms with van der Waals surface area (Å²) in [5.41, 5.74) is 1.85. The second kappa shape index (κ2) is 7.13. The number of hydrogen-bond acceptors (Lipinski definition) is 4. The topological polar surface area (TPSA) is 91.3 Å². The largest absolute Gasteiger partial charge is 0.350 e. The summed E-state index contributed by atoms with van der Waals surface area (Å²) in [6.45, 7) is 1.56. The third-order valence-corrected chi connectivity index (χ3v) is 4.73. The molecule has 2 aromatic heterocycles. The Labute approximate surface area is 150 Å². The maximum atomic E-state index is 12.6. The molecule has 7 heteroatoms. The minimum absolute atomic E-state index is 0.228. The number of nitrogens with zero attached hydrogens (tertiary/aromatic N) is 2. The molecule has 1 saturated heterocycles. The minimum Gasteiger partial charge on any atom is -0.350 e. The Hall–Kier alpha value is -2.93. The minimum atomic E-state index is -0.248. The van der Waals surface area contributed by atoms with Gasteiger partial charge in [-0.3, -0.25) is 14.7 Å². The van der Waals surface area contributed by atoms with E-state index in [2.05, 4.69) is 20.7 Å². The van der Waals surface area contributed by atoms with Gasteiger partial charge < -0.3 is 10.6 Å². The van der Waals surface area contributed by atoms with Crippen molar-refractivity contribution in [3.63, 3.8) is 0 Å². The van der Waals surface area contributed by atoms with Crippen LogP contribution >= 0.6 is 0 Å². The smallest absolute Gasteiger partial charge is 0.273 e. The summed E-state index contributed by atoms with van der Waals surface area (Å²) in [4.78, 5) is 29.5. The van der Waals surface area contributed by atoms with Crippen molar-refractivity contribution in [2.75, 3.05) is 13.1 Å². The van der Waals surface area contributed by atoms with Gasteiger partial charge in [0.1, 0.15) is 5.56 Å². The van der Waals surface area contributed by atoms with E-state index in [0.717, 1.165) is 18.5 Å². The number of aromatic nitrogens is 3. The fourth-order valence-corrected chi connectivity index (χ4v) is 3.31. The Morgan fingerprint density at radius 2 is 2.12 bits per heavy atom. The van der Waals surface area contributed by atoms with Crippen LogP contribution in [0.3, 0.4) is 0 Å². The van der Waals surface area contributed by atoms with E-state index in [1.807, 2.05) is 30.3 Å². The lowest BCUT2D eigenvalue weighted by molar-refractivity contribution is 0.0949. The van der Waals surface area contributed by atoms with Crippen LogP contribution in [0.15, 0.2) is 47.4 Å². The summed E-state index contributed by atoms with van der Waals surface area (Å²) in [7, 11) is 0. The fraction of sp³-hybridized carbons (Fsp3) is 0.316. The van der Waals surface area contributed by atoms with Gasteiger partial charge in [-0.2, -0.15) is 0 Å². The molecule has 26 heavy (non-hydrogen) atoms. The molecule has 7 nitrogen and oxygen atoms in total. The number of fused-ring (bicyclic) bond motifs is 1. The van der Waals surface area contributed by atoms with Gasteiger partial charge >= 0.3 is 0 Å². The van der Waals surface area contributed by atoms with Gasteiger partial charge in [-0.05, 0) is 19.4 Å². The first-order valence-corrected chi connectivity index (χ1v) is 8.90. The normalized spacial score (nSPS) is 17.3. The van der Waals surface area contributed by atoms with Gasteiger partial charge in [-0.1, -0.05) is 36.8 Å². The molecule has 1 fully saturated rings. The number of aromatic amines is 1. The lowest BCUT2D eigenvalue weighted by Gasteiger charge is -2.23. The molecule has 1 aliphatic heterocycles. The first-order chi connectivity index (χ1) is 12.7. The van der Waals surface area contributed by atoms with Crippen molar-refractivity contribution in [2.45, 2.75) is 25.3 Å². The van der Waals surface area contributed by atoms with Gasteiger partial charge in [0, 0.05) is 30.4 Å². The Morgan fingerprint density at radius 3 is 2.88 bits per heavy atom. The zero-order valence-electron chi connectivity index (χ0n) is 14.4. The Kier molecular flexibility index (Phi) is 4.53. The van der Waals surface area contributed by atoms with Crippen molar-refractivity contribution in [3.8, 4) is 11.3 Å². The van der Waals surface area contributed by atoms with Crippen molar-refractivity contribution < 1.29 is 4.79 Å². The van der Waals surface area contributed by atoms with Crippen LogP contribution in [0.2, 0.25) is 0 Å². The summed E-state index contributed by atoms with van der Waals surface area (Å²) in [5, 5.41) is 9.17. The van der Waals surface area contributed by atoms with E-state index in [-0.39, 0.29) is 11.5 Å². The highest BCUT2D eigenvalue weighted by Crippen LogP contribution is 2.17. The molecule has 0 radical (unpaired) electrons. The van der Waals surface area contributed by atoms with Gasteiger partial charge in [0.05, 0.1) is 5.69 Å². The molecule has 3 heterocycles. The molecule has 134 valence electrons. The summed E-state index contributed by atoms with van der Waals surface area (Å²) in [6, 6.07) is 11.2. The van der Waals surface area contributed by atoms with Crippen LogP contribution in [0.1, 0.15) is 29.6 Å². The molecule has 1 aromatic carbocycles. The van der Waals surface area contributed by atoms with Crippen LogP contribution in [-0.2, 0) is 0 Å².